The monoisotopic (exact) mass is 498 g/mol. The molecule has 2 bridgehead atoms. The molecule has 5 rings (SSSR count). The molecular formula is C25H21F3N4O4. The Morgan fingerprint density at radius 2 is 1.78 bits per heavy atom. The van der Waals surface area contributed by atoms with Gasteiger partial charge >= 0.3 is 12.2 Å². The maximum absolute atomic E-state index is 13.5. The number of alkyl halides is 3. The molecule has 11 heteroatoms. The van der Waals surface area contributed by atoms with Crippen molar-refractivity contribution in [2.24, 2.45) is 11.8 Å². The van der Waals surface area contributed by atoms with Crippen molar-refractivity contribution in [2.45, 2.75) is 43.7 Å². The second-order valence-electron chi connectivity index (χ2n) is 9.63. The first-order chi connectivity index (χ1) is 16.9. The Hall–Kier alpha value is -3.91. The van der Waals surface area contributed by atoms with Gasteiger partial charge in [-0.3, -0.25) is 9.59 Å². The van der Waals surface area contributed by atoms with Crippen LogP contribution in [0.1, 0.15) is 31.4 Å². The van der Waals surface area contributed by atoms with E-state index in [0.29, 0.717) is 11.8 Å². The fourth-order valence-electron chi connectivity index (χ4n) is 5.85. The molecular weight excluding hydrogens is 477 g/mol. The van der Waals surface area contributed by atoms with Gasteiger partial charge in [-0.2, -0.15) is 18.4 Å². The summed E-state index contributed by atoms with van der Waals surface area (Å²) in [6.07, 6.45) is -4.61. The van der Waals surface area contributed by atoms with Crippen molar-refractivity contribution in [1.29, 1.82) is 5.26 Å². The second kappa shape index (κ2) is 7.80. The van der Waals surface area contributed by atoms with E-state index in [1.165, 1.54) is 6.07 Å². The maximum Gasteiger partial charge on any atom is 0.417 e. The number of hydrogen-bond acceptors (Lipinski definition) is 5. The van der Waals surface area contributed by atoms with E-state index in [2.05, 4.69) is 10.6 Å². The number of nitriles is 1. The van der Waals surface area contributed by atoms with Gasteiger partial charge < -0.3 is 15.4 Å². The number of carbonyl (C=O) groups excluding carboxylic acids is 3. The number of urea groups is 1. The molecule has 2 N–H and O–H groups in total. The summed E-state index contributed by atoms with van der Waals surface area (Å²) in [4.78, 5) is 40.3. The summed E-state index contributed by atoms with van der Waals surface area (Å²) in [5.41, 5.74) is -3.90. The lowest BCUT2D eigenvalue weighted by atomic mass is 9.66. The zero-order valence-corrected chi connectivity index (χ0v) is 19.2. The number of carbonyl (C=O) groups is 3. The lowest BCUT2D eigenvalue weighted by molar-refractivity contribution is -0.138. The predicted octanol–water partition coefficient (Wildman–Crippen LogP) is 3.82. The van der Waals surface area contributed by atoms with Crippen LogP contribution in [0.15, 0.2) is 48.5 Å². The molecule has 36 heavy (non-hydrogen) atoms. The number of hydrogen-bond donors (Lipinski definition) is 2. The average molecular weight is 498 g/mol. The van der Waals surface area contributed by atoms with Gasteiger partial charge in [-0.15, -0.1) is 0 Å². The largest absolute Gasteiger partial charge is 0.417 e. The molecule has 0 unspecified atom stereocenters. The van der Waals surface area contributed by atoms with Crippen LogP contribution in [0.4, 0.5) is 29.3 Å². The van der Waals surface area contributed by atoms with Crippen LogP contribution in [0.5, 0.6) is 0 Å². The van der Waals surface area contributed by atoms with Crippen LogP contribution in [-0.4, -0.2) is 35.1 Å². The lowest BCUT2D eigenvalue weighted by Gasteiger charge is -2.35. The molecule has 8 nitrogen and oxygen atoms in total. The summed E-state index contributed by atoms with van der Waals surface area (Å²) in [7, 11) is 0. The number of nitrogens with one attached hydrogen (secondary N) is 2. The summed E-state index contributed by atoms with van der Waals surface area (Å²) in [6, 6.07) is 11.8. The first-order valence-corrected chi connectivity index (χ1v) is 11.2. The Labute approximate surface area is 204 Å². The fraction of sp³-hybridized carbons (Fsp3) is 0.360. The van der Waals surface area contributed by atoms with E-state index in [4.69, 9.17) is 10.00 Å². The van der Waals surface area contributed by atoms with Crippen LogP contribution in [0.25, 0.3) is 0 Å². The molecule has 5 atom stereocenters. The van der Waals surface area contributed by atoms with Gasteiger partial charge in [-0.05, 0) is 44.2 Å². The Bertz CT molecular complexity index is 1320. The van der Waals surface area contributed by atoms with E-state index >= 15 is 0 Å². The van der Waals surface area contributed by atoms with Crippen LogP contribution >= 0.6 is 0 Å². The van der Waals surface area contributed by atoms with Crippen molar-refractivity contribution < 1.29 is 32.3 Å². The van der Waals surface area contributed by atoms with E-state index in [1.807, 2.05) is 0 Å². The minimum atomic E-state index is -4.84. The van der Waals surface area contributed by atoms with Crippen molar-refractivity contribution in [3.63, 3.8) is 0 Å². The molecule has 0 aliphatic carbocycles. The van der Waals surface area contributed by atoms with Crippen LogP contribution in [0.3, 0.4) is 0 Å². The normalized spacial score (nSPS) is 30.8. The number of ether oxygens (including phenoxy) is 1. The Balaban J connectivity index is 1.44. The number of nitrogens with zero attached hydrogens (tertiary/aromatic N) is 2. The van der Waals surface area contributed by atoms with Gasteiger partial charge in [-0.25, -0.2) is 9.69 Å². The first-order valence-electron chi connectivity index (χ1n) is 11.2. The summed E-state index contributed by atoms with van der Waals surface area (Å²) in [5, 5.41) is 14.6. The van der Waals surface area contributed by atoms with E-state index in [1.54, 1.807) is 44.2 Å². The summed E-state index contributed by atoms with van der Waals surface area (Å²) >= 11 is 0. The van der Waals surface area contributed by atoms with E-state index in [9.17, 15) is 27.6 Å². The highest BCUT2D eigenvalue weighted by Gasteiger charge is 2.76. The van der Waals surface area contributed by atoms with Gasteiger partial charge in [0.15, 0.2) is 0 Å². The molecule has 3 aliphatic rings. The van der Waals surface area contributed by atoms with E-state index in [-0.39, 0.29) is 12.1 Å². The quantitative estimate of drug-likeness (QED) is 0.625. The first kappa shape index (κ1) is 23.8. The van der Waals surface area contributed by atoms with Crippen molar-refractivity contribution in [3.8, 4) is 6.07 Å². The third-order valence-electron chi connectivity index (χ3n) is 7.36. The number of rotatable bonds is 3. The SMILES string of the molecule is C[C@]12O[C@](C)(C[C@H]1NC(=O)Nc1ccccc1)[C@H]1C(=O)N(c3ccc(C#N)c(C(F)(F)F)c3)C(=O)[C@H]12. The minimum Gasteiger partial charge on any atom is -0.365 e. The van der Waals surface area contributed by atoms with Gasteiger partial charge in [-0.1, -0.05) is 18.2 Å². The van der Waals surface area contributed by atoms with E-state index < -0.39 is 64.2 Å². The minimum absolute atomic E-state index is 0.237. The molecule has 186 valence electrons. The zero-order valence-electron chi connectivity index (χ0n) is 19.2. The standard InChI is InChI=1S/C25H21F3N4O4/c1-23-11-17(31-22(35)30-14-6-4-3-5-7-14)24(2,36-23)19-18(23)20(33)32(21(19)34)15-9-8-13(12-29)16(10-15)25(26,27)28/h3-10,17-19H,11H2,1-2H3,(H2,30,31,35)/t17-,18-,19+,23-,24+/m1/s1. The molecule has 3 heterocycles. The van der Waals surface area contributed by atoms with Crippen molar-refractivity contribution in [2.75, 3.05) is 10.2 Å². The lowest BCUT2D eigenvalue weighted by Crippen LogP contribution is -2.57. The summed E-state index contributed by atoms with van der Waals surface area (Å²) in [6.45, 7) is 3.30. The van der Waals surface area contributed by atoms with Crippen LogP contribution < -0.4 is 15.5 Å². The molecule has 0 radical (unpaired) electrons. The number of imide groups is 1. The van der Waals surface area contributed by atoms with Gasteiger partial charge in [0, 0.05) is 12.1 Å². The summed E-state index contributed by atoms with van der Waals surface area (Å²) in [5.74, 6) is -3.30. The number of fused-ring (bicyclic) bond motifs is 5. The highest BCUT2D eigenvalue weighted by molar-refractivity contribution is 6.23. The van der Waals surface area contributed by atoms with Crippen molar-refractivity contribution >= 4 is 29.2 Å². The van der Waals surface area contributed by atoms with Gasteiger partial charge in [0.05, 0.1) is 52.0 Å². The number of anilines is 2. The average Bonchev–Trinajstić information content (AvgIpc) is 3.33. The third-order valence-corrected chi connectivity index (χ3v) is 7.36. The molecule has 0 aromatic heterocycles. The van der Waals surface area contributed by atoms with Gasteiger partial charge in [0.2, 0.25) is 11.8 Å². The molecule has 3 saturated heterocycles. The van der Waals surface area contributed by atoms with Crippen molar-refractivity contribution in [1.82, 2.24) is 5.32 Å². The molecule has 3 fully saturated rings. The predicted molar refractivity (Wildman–Crippen MR) is 121 cm³/mol. The Kier molecular flexibility index (Phi) is 5.16. The van der Waals surface area contributed by atoms with Gasteiger partial charge in [0.25, 0.3) is 0 Å². The number of amides is 4. The van der Waals surface area contributed by atoms with Crippen LogP contribution in [0, 0.1) is 23.2 Å². The number of halogens is 3. The highest BCUT2D eigenvalue weighted by atomic mass is 19.4. The van der Waals surface area contributed by atoms with Crippen LogP contribution in [0.2, 0.25) is 0 Å². The molecule has 3 aliphatic heterocycles. The Morgan fingerprint density at radius 1 is 1.11 bits per heavy atom. The maximum atomic E-state index is 13.5. The topological polar surface area (TPSA) is 112 Å². The molecule has 0 spiro atoms. The fourth-order valence-corrected chi connectivity index (χ4v) is 5.85. The number of benzene rings is 2. The molecule has 4 amide bonds. The molecule has 2 aromatic rings. The third kappa shape index (κ3) is 3.44. The van der Waals surface area contributed by atoms with Gasteiger partial charge in [0.1, 0.15) is 0 Å². The van der Waals surface area contributed by atoms with E-state index in [0.717, 1.165) is 17.0 Å². The molecule has 0 saturated carbocycles. The van der Waals surface area contributed by atoms with Crippen LogP contribution in [-0.2, 0) is 20.5 Å². The number of para-hydroxylation sites is 1. The zero-order chi connectivity index (χ0) is 26.0. The smallest absolute Gasteiger partial charge is 0.365 e. The highest BCUT2D eigenvalue weighted by Crippen LogP contribution is 2.61. The van der Waals surface area contributed by atoms with Crippen molar-refractivity contribution in [3.05, 3.63) is 59.7 Å². The summed E-state index contributed by atoms with van der Waals surface area (Å²) < 4.78 is 46.7. The Morgan fingerprint density at radius 3 is 2.42 bits per heavy atom. The molecule has 2 aromatic carbocycles. The second-order valence-corrected chi connectivity index (χ2v) is 9.63.